The topological polar surface area (TPSA) is 104 Å². The number of hydrogen-bond donors (Lipinski definition) is 3. The van der Waals surface area contributed by atoms with E-state index in [-0.39, 0.29) is 0 Å². The van der Waals surface area contributed by atoms with Crippen molar-refractivity contribution < 1.29 is 4.42 Å². The largest absolute Gasteiger partial charge is 0.447 e. The summed E-state index contributed by atoms with van der Waals surface area (Å²) in [5.74, 6) is 0.704. The lowest BCUT2D eigenvalue weighted by Crippen LogP contribution is -2.28. The van der Waals surface area contributed by atoms with Crippen LogP contribution in [0.25, 0.3) is 11.0 Å². The molecule has 0 atom stereocenters. The van der Waals surface area contributed by atoms with E-state index in [1.54, 1.807) is 24.4 Å². The lowest BCUT2D eigenvalue weighted by Gasteiger charge is -2.05. The van der Waals surface area contributed by atoms with Crippen molar-refractivity contribution in [3.63, 3.8) is 0 Å². The first-order valence-electron chi connectivity index (χ1n) is 5.60. The smallest absolute Gasteiger partial charge is 0.314 e. The molecule has 7 heteroatoms. The van der Waals surface area contributed by atoms with Gasteiger partial charge in [-0.2, -0.15) is 0 Å². The lowest BCUT2D eigenvalue weighted by atomic mass is 10.2. The van der Waals surface area contributed by atoms with Crippen LogP contribution in [0.5, 0.6) is 0 Å². The number of aromatic amines is 2. The van der Waals surface area contributed by atoms with Crippen LogP contribution >= 0.6 is 0 Å². The molecular weight excluding hydrogens is 248 g/mol. The Balaban J connectivity index is 1.91. The summed E-state index contributed by atoms with van der Waals surface area (Å²) in [6.45, 7) is 0.485. The van der Waals surface area contributed by atoms with Gasteiger partial charge in [0.15, 0.2) is 6.39 Å². The van der Waals surface area contributed by atoms with Crippen LogP contribution in [0.4, 0.5) is 5.69 Å². The second kappa shape index (κ2) is 4.45. The van der Waals surface area contributed by atoms with Crippen LogP contribution in [-0.4, -0.2) is 15.0 Å². The van der Waals surface area contributed by atoms with Gasteiger partial charge in [-0.1, -0.05) is 0 Å². The molecule has 0 amide bonds. The summed E-state index contributed by atoms with van der Waals surface area (Å²) in [5, 5.41) is 3.13. The summed E-state index contributed by atoms with van der Waals surface area (Å²) < 4.78 is 5.10. The number of benzene rings is 1. The number of aromatic nitrogens is 3. The number of H-pyrrole nitrogens is 2. The van der Waals surface area contributed by atoms with E-state index < -0.39 is 11.1 Å². The third-order valence-corrected chi connectivity index (χ3v) is 2.67. The van der Waals surface area contributed by atoms with Crippen molar-refractivity contribution >= 4 is 16.7 Å². The van der Waals surface area contributed by atoms with Crippen molar-refractivity contribution in [1.82, 2.24) is 15.0 Å². The van der Waals surface area contributed by atoms with E-state index in [1.165, 1.54) is 6.39 Å². The maximum atomic E-state index is 11.2. The quantitative estimate of drug-likeness (QED) is 0.603. The molecular formula is C12H10N4O3. The Bertz CT molecular complexity index is 817. The van der Waals surface area contributed by atoms with Crippen LogP contribution in [-0.2, 0) is 6.54 Å². The minimum absolute atomic E-state index is 0.485. The first kappa shape index (κ1) is 11.3. The van der Waals surface area contributed by atoms with Gasteiger partial charge in [-0.05, 0) is 18.2 Å². The maximum Gasteiger partial charge on any atom is 0.314 e. The molecule has 3 rings (SSSR count). The summed E-state index contributed by atoms with van der Waals surface area (Å²) in [7, 11) is 0. The second-order valence-electron chi connectivity index (χ2n) is 3.99. The highest BCUT2D eigenvalue weighted by Gasteiger charge is 2.01. The molecule has 19 heavy (non-hydrogen) atoms. The number of nitrogens with one attached hydrogen (secondary N) is 3. The predicted molar refractivity (Wildman–Crippen MR) is 69.0 cm³/mol. The van der Waals surface area contributed by atoms with Gasteiger partial charge in [0.2, 0.25) is 0 Å². The van der Waals surface area contributed by atoms with Crippen molar-refractivity contribution in [2.75, 3.05) is 5.32 Å². The number of rotatable bonds is 3. The highest BCUT2D eigenvalue weighted by atomic mass is 16.3. The van der Waals surface area contributed by atoms with Crippen molar-refractivity contribution in [3.05, 3.63) is 57.3 Å². The first-order valence-corrected chi connectivity index (χ1v) is 5.60. The van der Waals surface area contributed by atoms with E-state index >= 15 is 0 Å². The van der Waals surface area contributed by atoms with Gasteiger partial charge in [0.1, 0.15) is 5.76 Å². The number of fused-ring (bicyclic) bond motifs is 1. The van der Waals surface area contributed by atoms with Crippen molar-refractivity contribution in [3.8, 4) is 0 Å². The molecule has 3 aromatic rings. The number of anilines is 1. The minimum Gasteiger partial charge on any atom is -0.447 e. The molecule has 0 aliphatic heterocycles. The second-order valence-corrected chi connectivity index (χ2v) is 3.99. The maximum absolute atomic E-state index is 11.2. The van der Waals surface area contributed by atoms with E-state index in [0.29, 0.717) is 23.3 Å². The average Bonchev–Trinajstić information content (AvgIpc) is 2.91. The predicted octanol–water partition coefficient (Wildman–Crippen LogP) is 0.816. The third kappa shape index (κ3) is 2.25. The molecule has 0 saturated heterocycles. The van der Waals surface area contributed by atoms with E-state index in [0.717, 1.165) is 5.69 Å². The average molecular weight is 258 g/mol. The Hall–Kier alpha value is -2.83. The summed E-state index contributed by atoms with van der Waals surface area (Å²) in [4.78, 5) is 31.2. The fraction of sp³-hybridized carbons (Fsp3) is 0.0833. The minimum atomic E-state index is -0.667. The van der Waals surface area contributed by atoms with Crippen LogP contribution in [0.2, 0.25) is 0 Å². The third-order valence-electron chi connectivity index (χ3n) is 2.67. The van der Waals surface area contributed by atoms with Crippen LogP contribution < -0.4 is 16.4 Å². The fourth-order valence-electron chi connectivity index (χ4n) is 1.74. The standard InChI is InChI=1S/C12H10N4O3/c17-11-12(18)16-10-3-7(1-2-9(10)15-11)14-5-8-4-13-6-19-8/h1-4,6,14H,5H2,(H,15,17)(H,16,18). The monoisotopic (exact) mass is 258 g/mol. The zero-order chi connectivity index (χ0) is 13.2. The van der Waals surface area contributed by atoms with E-state index in [2.05, 4.69) is 20.3 Å². The van der Waals surface area contributed by atoms with Gasteiger partial charge in [-0.3, -0.25) is 9.59 Å². The molecule has 0 aliphatic rings. The SMILES string of the molecule is O=c1[nH]c2ccc(NCc3cnco3)cc2[nH]c1=O. The number of nitrogens with zero attached hydrogens (tertiary/aromatic N) is 1. The Morgan fingerprint density at radius 1 is 1.16 bits per heavy atom. The van der Waals surface area contributed by atoms with E-state index in [4.69, 9.17) is 4.42 Å². The normalized spacial score (nSPS) is 10.7. The van der Waals surface area contributed by atoms with Gasteiger partial charge < -0.3 is 19.7 Å². The molecule has 0 bridgehead atoms. The summed E-state index contributed by atoms with van der Waals surface area (Å²) in [6, 6.07) is 5.26. The number of hydrogen-bond acceptors (Lipinski definition) is 5. The molecule has 0 saturated carbocycles. The molecule has 3 N–H and O–H groups in total. The molecule has 2 aromatic heterocycles. The number of oxazole rings is 1. The van der Waals surface area contributed by atoms with E-state index in [9.17, 15) is 9.59 Å². The van der Waals surface area contributed by atoms with Crippen LogP contribution in [0.1, 0.15) is 5.76 Å². The molecule has 0 spiro atoms. The van der Waals surface area contributed by atoms with Crippen molar-refractivity contribution in [2.24, 2.45) is 0 Å². The highest BCUT2D eigenvalue weighted by Crippen LogP contribution is 2.14. The molecule has 2 heterocycles. The molecule has 1 aromatic carbocycles. The summed E-state index contributed by atoms with van der Waals surface area (Å²) in [6.07, 6.45) is 2.98. The van der Waals surface area contributed by atoms with Gasteiger partial charge in [0.05, 0.1) is 23.8 Å². The molecule has 96 valence electrons. The van der Waals surface area contributed by atoms with Crippen LogP contribution in [0, 0.1) is 0 Å². The summed E-state index contributed by atoms with van der Waals surface area (Å²) in [5.41, 5.74) is 0.614. The highest BCUT2D eigenvalue weighted by molar-refractivity contribution is 5.78. The first-order chi connectivity index (χ1) is 9.22. The zero-order valence-electron chi connectivity index (χ0n) is 9.77. The van der Waals surface area contributed by atoms with Gasteiger partial charge in [0.25, 0.3) is 0 Å². The van der Waals surface area contributed by atoms with E-state index in [1.807, 2.05) is 0 Å². The Labute approximate surface area is 106 Å². The molecule has 0 aliphatic carbocycles. The molecule has 7 nitrogen and oxygen atoms in total. The van der Waals surface area contributed by atoms with Gasteiger partial charge in [0, 0.05) is 5.69 Å². The molecule has 0 fully saturated rings. The molecule has 0 unspecified atom stereocenters. The Morgan fingerprint density at radius 3 is 2.68 bits per heavy atom. The Morgan fingerprint density at radius 2 is 1.95 bits per heavy atom. The fourth-order valence-corrected chi connectivity index (χ4v) is 1.74. The van der Waals surface area contributed by atoms with Crippen molar-refractivity contribution in [2.45, 2.75) is 6.54 Å². The van der Waals surface area contributed by atoms with Gasteiger partial charge in [-0.25, -0.2) is 4.98 Å². The summed E-state index contributed by atoms with van der Waals surface area (Å²) >= 11 is 0. The van der Waals surface area contributed by atoms with Gasteiger partial charge in [-0.15, -0.1) is 0 Å². The van der Waals surface area contributed by atoms with Crippen LogP contribution in [0.15, 0.2) is 44.8 Å². The lowest BCUT2D eigenvalue weighted by molar-refractivity contribution is 0.512. The molecule has 0 radical (unpaired) electrons. The van der Waals surface area contributed by atoms with Crippen LogP contribution in [0.3, 0.4) is 0 Å². The Kier molecular flexibility index (Phi) is 2.64. The van der Waals surface area contributed by atoms with Gasteiger partial charge >= 0.3 is 11.1 Å². The van der Waals surface area contributed by atoms with Crippen molar-refractivity contribution in [1.29, 1.82) is 0 Å². The zero-order valence-corrected chi connectivity index (χ0v) is 9.77.